The number of hydrogen-bond donors (Lipinski definition) is 0. The van der Waals surface area contributed by atoms with Crippen LogP contribution in [0.4, 0.5) is 0 Å². The molecule has 0 fully saturated rings. The number of esters is 1. The van der Waals surface area contributed by atoms with E-state index in [4.69, 9.17) is 9.26 Å². The predicted octanol–water partition coefficient (Wildman–Crippen LogP) is 2.04. The Morgan fingerprint density at radius 3 is 2.59 bits per heavy atom. The molecule has 0 aliphatic heterocycles. The molecule has 17 heavy (non-hydrogen) atoms. The lowest BCUT2D eigenvalue weighted by Crippen LogP contribution is -2.05. The zero-order valence-corrected chi connectivity index (χ0v) is 9.64. The van der Waals surface area contributed by atoms with Crippen molar-refractivity contribution in [1.82, 2.24) is 10.1 Å². The monoisotopic (exact) mass is 232 g/mol. The van der Waals surface area contributed by atoms with Crippen molar-refractivity contribution in [2.45, 2.75) is 20.5 Å². The Labute approximate surface area is 98.4 Å². The maximum atomic E-state index is 11.6. The van der Waals surface area contributed by atoms with Gasteiger partial charge < -0.3 is 9.26 Å². The van der Waals surface area contributed by atoms with Gasteiger partial charge in [0.25, 0.3) is 5.89 Å². The number of nitrogens with zero attached hydrogens (tertiary/aromatic N) is 2. The Hall–Kier alpha value is -2.17. The molecule has 1 heterocycles. The van der Waals surface area contributed by atoms with Crippen molar-refractivity contribution in [1.29, 1.82) is 0 Å². The third-order valence-electron chi connectivity index (χ3n) is 2.18. The number of rotatable bonds is 3. The first-order valence-electron chi connectivity index (χ1n) is 5.18. The number of carbonyl (C=O) groups is 1. The zero-order valence-electron chi connectivity index (χ0n) is 9.64. The Kier molecular flexibility index (Phi) is 3.18. The third kappa shape index (κ3) is 2.90. The lowest BCUT2D eigenvalue weighted by Gasteiger charge is -2.01. The fourth-order valence-corrected chi connectivity index (χ4v) is 1.30. The molecule has 1 aromatic carbocycles. The molecule has 0 amide bonds. The van der Waals surface area contributed by atoms with Crippen LogP contribution in [-0.2, 0) is 11.3 Å². The van der Waals surface area contributed by atoms with Gasteiger partial charge in [0.15, 0.2) is 12.4 Å². The molecule has 0 spiro atoms. The van der Waals surface area contributed by atoms with Crippen LogP contribution >= 0.6 is 0 Å². The summed E-state index contributed by atoms with van der Waals surface area (Å²) in [6, 6.07) is 7.15. The summed E-state index contributed by atoms with van der Waals surface area (Å²) < 4.78 is 9.86. The molecule has 0 N–H and O–H groups in total. The largest absolute Gasteiger partial charge is 0.452 e. The molecule has 0 atom stereocenters. The number of hydrogen-bond acceptors (Lipinski definition) is 5. The van der Waals surface area contributed by atoms with Gasteiger partial charge in [0.05, 0.1) is 5.56 Å². The van der Waals surface area contributed by atoms with E-state index in [1.54, 1.807) is 19.1 Å². The molecule has 1 aromatic heterocycles. The molecular weight excluding hydrogens is 220 g/mol. The van der Waals surface area contributed by atoms with Crippen LogP contribution in [0.3, 0.4) is 0 Å². The van der Waals surface area contributed by atoms with Crippen molar-refractivity contribution in [3.05, 3.63) is 47.1 Å². The van der Waals surface area contributed by atoms with Crippen molar-refractivity contribution in [3.63, 3.8) is 0 Å². The number of aryl methyl sites for hydroxylation is 2. The summed E-state index contributed by atoms with van der Waals surface area (Å²) in [6.07, 6.45) is 0. The van der Waals surface area contributed by atoms with E-state index in [9.17, 15) is 4.79 Å². The number of carbonyl (C=O) groups excluding carboxylic acids is 1. The average molecular weight is 232 g/mol. The van der Waals surface area contributed by atoms with Crippen LogP contribution in [0.15, 0.2) is 28.8 Å². The van der Waals surface area contributed by atoms with Gasteiger partial charge in [-0.25, -0.2) is 4.79 Å². The number of benzene rings is 1. The predicted molar refractivity (Wildman–Crippen MR) is 59.3 cm³/mol. The highest BCUT2D eigenvalue weighted by Gasteiger charge is 2.09. The molecule has 5 heteroatoms. The fourth-order valence-electron chi connectivity index (χ4n) is 1.30. The summed E-state index contributed by atoms with van der Waals surface area (Å²) in [4.78, 5) is 15.6. The molecule has 5 nitrogen and oxygen atoms in total. The normalized spacial score (nSPS) is 10.2. The van der Waals surface area contributed by atoms with Gasteiger partial charge >= 0.3 is 5.97 Å². The fraction of sp³-hybridized carbons (Fsp3) is 0.250. The second kappa shape index (κ2) is 4.78. The Morgan fingerprint density at radius 1 is 1.29 bits per heavy atom. The van der Waals surface area contributed by atoms with Crippen LogP contribution < -0.4 is 0 Å². The Bertz CT molecular complexity index is 517. The summed E-state index contributed by atoms with van der Waals surface area (Å²) in [5, 5.41) is 3.60. The maximum Gasteiger partial charge on any atom is 0.338 e. The van der Waals surface area contributed by atoms with E-state index >= 15 is 0 Å². The number of ether oxygens (including phenoxy) is 1. The highest BCUT2D eigenvalue weighted by Crippen LogP contribution is 2.06. The van der Waals surface area contributed by atoms with Crippen molar-refractivity contribution in [2.75, 3.05) is 0 Å². The van der Waals surface area contributed by atoms with Gasteiger partial charge in [-0.15, -0.1) is 0 Å². The first kappa shape index (κ1) is 11.3. The summed E-state index contributed by atoms with van der Waals surface area (Å²) >= 11 is 0. The van der Waals surface area contributed by atoms with Crippen LogP contribution in [0, 0.1) is 13.8 Å². The standard InChI is InChI=1S/C12H12N2O3/c1-8-3-5-10(6-4-8)12(15)16-7-11-13-9(2)14-17-11/h3-6H,7H2,1-2H3. The molecule has 0 radical (unpaired) electrons. The summed E-state index contributed by atoms with van der Waals surface area (Å²) in [5.41, 5.74) is 1.60. The van der Waals surface area contributed by atoms with Crippen molar-refractivity contribution in [2.24, 2.45) is 0 Å². The van der Waals surface area contributed by atoms with Gasteiger partial charge in [0.2, 0.25) is 0 Å². The molecule has 88 valence electrons. The lowest BCUT2D eigenvalue weighted by molar-refractivity contribution is 0.0430. The first-order valence-corrected chi connectivity index (χ1v) is 5.18. The topological polar surface area (TPSA) is 65.2 Å². The van der Waals surface area contributed by atoms with Gasteiger partial charge in [-0.2, -0.15) is 4.98 Å². The van der Waals surface area contributed by atoms with Gasteiger partial charge in [0.1, 0.15) is 0 Å². The van der Waals surface area contributed by atoms with Crippen LogP contribution in [0.5, 0.6) is 0 Å². The minimum absolute atomic E-state index is 0.00640. The molecule has 2 aromatic rings. The van der Waals surface area contributed by atoms with Crippen LogP contribution in [0.25, 0.3) is 0 Å². The van der Waals surface area contributed by atoms with Crippen molar-refractivity contribution < 1.29 is 14.1 Å². The summed E-state index contributed by atoms with van der Waals surface area (Å²) in [5.74, 6) is 0.412. The second-order valence-corrected chi connectivity index (χ2v) is 3.68. The van der Waals surface area contributed by atoms with Gasteiger partial charge in [-0.05, 0) is 26.0 Å². The second-order valence-electron chi connectivity index (χ2n) is 3.68. The van der Waals surface area contributed by atoms with Crippen LogP contribution in [-0.4, -0.2) is 16.1 Å². The minimum atomic E-state index is -0.402. The molecule has 0 saturated carbocycles. The van der Waals surface area contributed by atoms with E-state index in [1.165, 1.54) is 0 Å². The SMILES string of the molecule is Cc1ccc(C(=O)OCc2nc(C)no2)cc1. The molecule has 0 saturated heterocycles. The highest BCUT2D eigenvalue weighted by atomic mass is 16.6. The first-order chi connectivity index (χ1) is 8.15. The third-order valence-corrected chi connectivity index (χ3v) is 2.18. The molecule has 0 bridgehead atoms. The zero-order chi connectivity index (χ0) is 12.3. The molecule has 0 aliphatic carbocycles. The maximum absolute atomic E-state index is 11.6. The van der Waals surface area contributed by atoms with Gasteiger partial charge in [-0.1, -0.05) is 22.9 Å². The highest BCUT2D eigenvalue weighted by molar-refractivity contribution is 5.89. The van der Waals surface area contributed by atoms with Gasteiger partial charge in [-0.3, -0.25) is 0 Å². The van der Waals surface area contributed by atoms with Crippen LogP contribution in [0.2, 0.25) is 0 Å². The smallest absolute Gasteiger partial charge is 0.338 e. The quantitative estimate of drug-likeness (QED) is 0.757. The lowest BCUT2D eigenvalue weighted by atomic mass is 10.1. The minimum Gasteiger partial charge on any atom is -0.452 e. The van der Waals surface area contributed by atoms with E-state index in [0.717, 1.165) is 5.56 Å². The Balaban J connectivity index is 1.95. The Morgan fingerprint density at radius 2 is 2.00 bits per heavy atom. The summed E-state index contributed by atoms with van der Waals surface area (Å²) in [7, 11) is 0. The van der Waals surface area contributed by atoms with Gasteiger partial charge in [0, 0.05) is 0 Å². The van der Waals surface area contributed by atoms with E-state index in [2.05, 4.69) is 10.1 Å². The molecule has 0 unspecified atom stereocenters. The molecule has 0 aliphatic rings. The van der Waals surface area contributed by atoms with E-state index in [-0.39, 0.29) is 6.61 Å². The van der Waals surface area contributed by atoms with E-state index in [1.807, 2.05) is 19.1 Å². The van der Waals surface area contributed by atoms with Crippen LogP contribution in [0.1, 0.15) is 27.6 Å². The summed E-state index contributed by atoms with van der Waals surface area (Å²) in [6.45, 7) is 3.65. The molecular formula is C12H12N2O3. The van der Waals surface area contributed by atoms with E-state index < -0.39 is 5.97 Å². The van der Waals surface area contributed by atoms with E-state index in [0.29, 0.717) is 17.3 Å². The average Bonchev–Trinajstić information content (AvgIpc) is 2.73. The van der Waals surface area contributed by atoms with Crippen molar-refractivity contribution in [3.8, 4) is 0 Å². The molecule has 2 rings (SSSR count). The van der Waals surface area contributed by atoms with Crippen molar-refractivity contribution >= 4 is 5.97 Å². The number of aromatic nitrogens is 2.